The van der Waals surface area contributed by atoms with Crippen LogP contribution < -0.4 is 0 Å². The van der Waals surface area contributed by atoms with Crippen LogP contribution in [0.5, 0.6) is 0 Å². The Bertz CT molecular complexity index is 103. The molecule has 2 unspecified atom stereocenters. The minimum Gasteiger partial charge on any atom is -0.0999 e. The van der Waals surface area contributed by atoms with Gasteiger partial charge in [0.1, 0.15) is 0 Å². The van der Waals surface area contributed by atoms with Crippen molar-refractivity contribution in [3.63, 3.8) is 0 Å². The molecule has 0 fully saturated rings. The maximum atomic E-state index is 3.92. The van der Waals surface area contributed by atoms with Gasteiger partial charge in [-0.1, -0.05) is 59.6 Å². The summed E-state index contributed by atoms with van der Waals surface area (Å²) in [5, 5.41) is 0. The molecule has 0 heterocycles. The first-order valence-electron chi connectivity index (χ1n) is 5.16. The third-order valence-corrected chi connectivity index (χ3v) is 2.27. The summed E-state index contributed by atoms with van der Waals surface area (Å²) >= 11 is 0. The topological polar surface area (TPSA) is 0 Å². The highest BCUT2D eigenvalue weighted by Gasteiger charge is 2.09. The highest BCUT2D eigenvalue weighted by atomic mass is 14.1. The van der Waals surface area contributed by atoms with Crippen LogP contribution >= 0.6 is 0 Å². The van der Waals surface area contributed by atoms with E-state index in [2.05, 4.69) is 48.1 Å². The molecule has 0 saturated heterocycles. The lowest BCUT2D eigenvalue weighted by molar-refractivity contribution is 0.428. The predicted molar refractivity (Wildman–Crippen MR) is 59.4 cm³/mol. The Balaban J connectivity index is 0. The van der Waals surface area contributed by atoms with Crippen molar-refractivity contribution in [1.29, 1.82) is 0 Å². The van der Waals surface area contributed by atoms with Crippen molar-refractivity contribution in [2.24, 2.45) is 11.8 Å². The molecule has 0 nitrogen and oxygen atoms in total. The molecular formula is C12H26. The third kappa shape index (κ3) is 7.84. The smallest absolute Gasteiger partial charge is 0.0211 e. The fraction of sp³-hybridized carbons (Fsp3) is 0.833. The van der Waals surface area contributed by atoms with Gasteiger partial charge in [-0.15, -0.1) is 0 Å². The fourth-order valence-electron chi connectivity index (χ4n) is 0.839. The zero-order chi connectivity index (χ0) is 10.1. The molecule has 0 aromatic rings. The van der Waals surface area contributed by atoms with Gasteiger partial charge in [0.25, 0.3) is 0 Å². The summed E-state index contributed by atoms with van der Waals surface area (Å²) in [5.41, 5.74) is 1.31. The van der Waals surface area contributed by atoms with E-state index < -0.39 is 0 Å². The van der Waals surface area contributed by atoms with E-state index in [9.17, 15) is 0 Å². The largest absolute Gasteiger partial charge is 0.0999 e. The van der Waals surface area contributed by atoms with E-state index in [1.807, 2.05) is 0 Å². The second-order valence-electron chi connectivity index (χ2n) is 3.73. The zero-order valence-electron chi connectivity index (χ0n) is 9.78. The molecule has 0 aromatic heterocycles. The second-order valence-corrected chi connectivity index (χ2v) is 3.73. The maximum absolute atomic E-state index is 3.92. The third-order valence-electron chi connectivity index (χ3n) is 2.27. The highest BCUT2D eigenvalue weighted by molar-refractivity contribution is 4.95. The van der Waals surface area contributed by atoms with Gasteiger partial charge in [-0.25, -0.2) is 0 Å². The van der Waals surface area contributed by atoms with Gasteiger partial charge in [0.15, 0.2) is 0 Å². The van der Waals surface area contributed by atoms with Crippen LogP contribution in [0.2, 0.25) is 0 Å². The van der Waals surface area contributed by atoms with E-state index in [1.54, 1.807) is 0 Å². The molecule has 0 rings (SSSR count). The quantitative estimate of drug-likeness (QED) is 0.540. The molecule has 0 aliphatic heterocycles. The minimum absolute atomic E-state index is 0.690. The first-order valence-corrected chi connectivity index (χ1v) is 5.16. The summed E-state index contributed by atoms with van der Waals surface area (Å²) in [7, 11) is 0. The molecule has 0 aliphatic carbocycles. The van der Waals surface area contributed by atoms with Crippen LogP contribution in [0.15, 0.2) is 12.2 Å². The summed E-state index contributed by atoms with van der Waals surface area (Å²) in [5.74, 6) is 1.48. The van der Waals surface area contributed by atoms with Crippen molar-refractivity contribution in [3.8, 4) is 0 Å². The summed E-state index contributed by atoms with van der Waals surface area (Å²) in [6, 6.07) is 0. The van der Waals surface area contributed by atoms with Crippen LogP contribution in [-0.4, -0.2) is 0 Å². The fourth-order valence-corrected chi connectivity index (χ4v) is 0.839. The van der Waals surface area contributed by atoms with E-state index >= 15 is 0 Å². The Labute approximate surface area is 79.1 Å². The van der Waals surface area contributed by atoms with Crippen molar-refractivity contribution in [3.05, 3.63) is 12.2 Å². The first-order chi connectivity index (χ1) is 5.51. The molecule has 12 heavy (non-hydrogen) atoms. The lowest BCUT2D eigenvalue weighted by Gasteiger charge is -2.17. The van der Waals surface area contributed by atoms with Crippen LogP contribution in [0.1, 0.15) is 54.4 Å². The molecule has 2 atom stereocenters. The average Bonchev–Trinajstić information content (AvgIpc) is 2.03. The van der Waals surface area contributed by atoms with Crippen molar-refractivity contribution >= 4 is 0 Å². The van der Waals surface area contributed by atoms with Crippen LogP contribution in [-0.2, 0) is 0 Å². The summed E-state index contributed by atoms with van der Waals surface area (Å²) in [4.78, 5) is 0. The molecule has 74 valence electrons. The van der Waals surface area contributed by atoms with Gasteiger partial charge in [0, 0.05) is 0 Å². The zero-order valence-corrected chi connectivity index (χ0v) is 9.78. The Morgan fingerprint density at radius 3 is 1.58 bits per heavy atom. The second kappa shape index (κ2) is 8.83. The SMILES string of the molecule is C=C(C)C(C)C(C)CC.CCC. The molecular weight excluding hydrogens is 144 g/mol. The summed E-state index contributed by atoms with van der Waals surface area (Å²) < 4.78 is 0. The maximum Gasteiger partial charge on any atom is -0.0211 e. The molecule has 0 N–H and O–H groups in total. The lowest BCUT2D eigenvalue weighted by Crippen LogP contribution is -2.06. The van der Waals surface area contributed by atoms with E-state index in [0.717, 1.165) is 5.92 Å². The van der Waals surface area contributed by atoms with Gasteiger partial charge < -0.3 is 0 Å². The standard InChI is InChI=1S/C9H18.C3H8/c1-6-8(4)9(5)7(2)3;1-3-2/h8-9H,2,6H2,1,3-5H3;3H2,1-2H3. The minimum atomic E-state index is 0.690. The van der Waals surface area contributed by atoms with Crippen LogP contribution in [0.4, 0.5) is 0 Å². The number of hydrogen-bond donors (Lipinski definition) is 0. The van der Waals surface area contributed by atoms with Crippen LogP contribution in [0, 0.1) is 11.8 Å². The average molecular weight is 170 g/mol. The van der Waals surface area contributed by atoms with E-state index in [0.29, 0.717) is 5.92 Å². The molecule has 0 bridgehead atoms. The van der Waals surface area contributed by atoms with Gasteiger partial charge in [-0.05, 0) is 18.8 Å². The Morgan fingerprint density at radius 1 is 1.17 bits per heavy atom. The van der Waals surface area contributed by atoms with Gasteiger partial charge in [0.05, 0.1) is 0 Å². The Hall–Kier alpha value is -0.260. The summed E-state index contributed by atoms with van der Waals surface area (Å²) in [6.07, 6.45) is 2.51. The molecule has 0 aromatic carbocycles. The van der Waals surface area contributed by atoms with E-state index in [-0.39, 0.29) is 0 Å². The van der Waals surface area contributed by atoms with Gasteiger partial charge in [-0.2, -0.15) is 0 Å². The molecule has 0 radical (unpaired) electrons. The Morgan fingerprint density at radius 2 is 1.50 bits per heavy atom. The highest BCUT2D eigenvalue weighted by Crippen LogP contribution is 2.20. The van der Waals surface area contributed by atoms with Crippen LogP contribution in [0.25, 0.3) is 0 Å². The lowest BCUT2D eigenvalue weighted by atomic mass is 9.89. The monoisotopic (exact) mass is 170 g/mol. The molecule has 0 aliphatic rings. The van der Waals surface area contributed by atoms with E-state index in [1.165, 1.54) is 18.4 Å². The number of allylic oxidation sites excluding steroid dienone is 1. The molecule has 0 heteroatoms. The van der Waals surface area contributed by atoms with Crippen molar-refractivity contribution < 1.29 is 0 Å². The molecule has 0 saturated carbocycles. The number of hydrogen-bond acceptors (Lipinski definition) is 0. The number of rotatable bonds is 3. The van der Waals surface area contributed by atoms with Crippen molar-refractivity contribution in [1.82, 2.24) is 0 Å². The van der Waals surface area contributed by atoms with Gasteiger partial charge >= 0.3 is 0 Å². The van der Waals surface area contributed by atoms with Gasteiger partial charge in [-0.3, -0.25) is 0 Å². The molecule has 0 spiro atoms. The van der Waals surface area contributed by atoms with Crippen LogP contribution in [0.3, 0.4) is 0 Å². The molecule has 0 amide bonds. The predicted octanol–water partition coefficient (Wildman–Crippen LogP) is 4.66. The summed E-state index contributed by atoms with van der Waals surface area (Å²) in [6.45, 7) is 17.0. The van der Waals surface area contributed by atoms with Crippen molar-refractivity contribution in [2.75, 3.05) is 0 Å². The van der Waals surface area contributed by atoms with E-state index in [4.69, 9.17) is 0 Å². The Kier molecular flexibility index (Phi) is 10.5. The first kappa shape index (κ1) is 14.3. The van der Waals surface area contributed by atoms with Crippen molar-refractivity contribution in [2.45, 2.75) is 54.4 Å². The normalized spacial score (nSPS) is 14.2. The van der Waals surface area contributed by atoms with Gasteiger partial charge in [0.2, 0.25) is 0 Å².